The molecule has 3 aromatic carbocycles. The Morgan fingerprint density at radius 1 is 0.957 bits per heavy atom. The van der Waals surface area contributed by atoms with Gasteiger partial charge in [0.2, 0.25) is 11.8 Å². The number of nitrogens with zero attached hydrogens (tertiary/aromatic N) is 1. The Labute approximate surface area is 273 Å². The van der Waals surface area contributed by atoms with Gasteiger partial charge in [0.25, 0.3) is 15.9 Å². The van der Waals surface area contributed by atoms with E-state index in [4.69, 9.17) is 0 Å². The zero-order valence-corrected chi connectivity index (χ0v) is 27.4. The molecular formula is C33H39F2N3O6S2. The summed E-state index contributed by atoms with van der Waals surface area (Å²) in [6, 6.07) is 17.2. The van der Waals surface area contributed by atoms with Gasteiger partial charge in [-0.3, -0.25) is 14.4 Å². The minimum absolute atomic E-state index is 0.0207. The summed E-state index contributed by atoms with van der Waals surface area (Å²) in [4.78, 5) is 38.4. The second-order valence-electron chi connectivity index (χ2n) is 10.8. The molecule has 46 heavy (non-hydrogen) atoms. The number of rotatable bonds is 16. The summed E-state index contributed by atoms with van der Waals surface area (Å²) in [5.74, 6) is -3.51. The number of aliphatic hydroxyl groups is 1. The van der Waals surface area contributed by atoms with Crippen molar-refractivity contribution in [3.63, 3.8) is 0 Å². The number of aliphatic hydroxyl groups excluding tert-OH is 1. The minimum atomic E-state index is -4.81. The molecule has 9 nitrogen and oxygen atoms in total. The van der Waals surface area contributed by atoms with Crippen LogP contribution in [0.5, 0.6) is 0 Å². The van der Waals surface area contributed by atoms with Crippen molar-refractivity contribution < 1.29 is 36.7 Å². The van der Waals surface area contributed by atoms with Gasteiger partial charge in [-0.25, -0.2) is 21.9 Å². The molecule has 0 aliphatic heterocycles. The molecule has 3 N–H and O–H groups in total. The molecule has 0 radical (unpaired) electrons. The van der Waals surface area contributed by atoms with E-state index in [1.807, 2.05) is 6.92 Å². The van der Waals surface area contributed by atoms with Crippen LogP contribution in [-0.4, -0.2) is 60.6 Å². The minimum Gasteiger partial charge on any atom is -0.384 e. The number of hydrogen-bond acceptors (Lipinski definition) is 7. The second-order valence-corrected chi connectivity index (χ2v) is 13.2. The van der Waals surface area contributed by atoms with Gasteiger partial charge < -0.3 is 15.3 Å². The number of halogens is 2. The van der Waals surface area contributed by atoms with Gasteiger partial charge in [-0.2, -0.15) is 12.6 Å². The van der Waals surface area contributed by atoms with Crippen molar-refractivity contribution in [2.24, 2.45) is 0 Å². The Balaban J connectivity index is 1.83. The lowest BCUT2D eigenvalue weighted by Crippen LogP contribution is -2.38. The fourth-order valence-electron chi connectivity index (χ4n) is 4.63. The Morgan fingerprint density at radius 2 is 1.63 bits per heavy atom. The zero-order valence-electron chi connectivity index (χ0n) is 25.7. The predicted molar refractivity (Wildman–Crippen MR) is 174 cm³/mol. The first-order chi connectivity index (χ1) is 21.8. The maximum atomic E-state index is 16.2. The van der Waals surface area contributed by atoms with E-state index in [9.17, 15) is 32.3 Å². The van der Waals surface area contributed by atoms with Crippen LogP contribution in [-0.2, 0) is 37.4 Å². The summed E-state index contributed by atoms with van der Waals surface area (Å²) in [5.41, 5.74) is 0.669. The first kappa shape index (κ1) is 36.7. The smallest absolute Gasteiger partial charge is 0.267 e. The lowest BCUT2D eigenvalue weighted by molar-refractivity contribution is -0.132. The van der Waals surface area contributed by atoms with Crippen LogP contribution >= 0.6 is 12.6 Å². The first-order valence-electron chi connectivity index (χ1n) is 14.9. The van der Waals surface area contributed by atoms with Crippen LogP contribution < -0.4 is 10.0 Å². The average Bonchev–Trinajstić information content (AvgIpc) is 3.02. The Kier molecular flexibility index (Phi) is 13.7. The quantitative estimate of drug-likeness (QED) is 0.167. The number of carbonyl (C=O) groups is 3. The number of benzene rings is 3. The van der Waals surface area contributed by atoms with E-state index < -0.39 is 38.7 Å². The summed E-state index contributed by atoms with van der Waals surface area (Å²) in [6.45, 7) is 2.70. The van der Waals surface area contributed by atoms with Crippen molar-refractivity contribution in [1.29, 1.82) is 0 Å². The van der Waals surface area contributed by atoms with Gasteiger partial charge in [0.05, 0.1) is 0 Å². The van der Waals surface area contributed by atoms with Crippen LogP contribution in [0.4, 0.5) is 8.78 Å². The second kappa shape index (κ2) is 17.2. The molecule has 0 unspecified atom stereocenters. The Bertz CT molecular complexity index is 1620. The highest BCUT2D eigenvalue weighted by Gasteiger charge is 2.30. The van der Waals surface area contributed by atoms with Gasteiger partial charge in [0.1, 0.15) is 22.6 Å². The number of hydrogen-bond donors (Lipinski definition) is 4. The number of sulfonamides is 1. The number of unbranched alkanes of at least 4 members (excludes halogenated alkanes) is 1. The van der Waals surface area contributed by atoms with Crippen LogP contribution in [0, 0.1) is 11.6 Å². The van der Waals surface area contributed by atoms with E-state index in [0.29, 0.717) is 24.0 Å². The highest BCUT2D eigenvalue weighted by Crippen LogP contribution is 2.32. The molecule has 13 heteroatoms. The molecule has 0 heterocycles. The molecule has 0 fully saturated rings. The third-order valence-electron chi connectivity index (χ3n) is 7.16. The maximum Gasteiger partial charge on any atom is 0.267 e. The van der Waals surface area contributed by atoms with Crippen LogP contribution in [0.2, 0.25) is 0 Å². The Hall–Kier alpha value is -3.81. The van der Waals surface area contributed by atoms with Crippen molar-refractivity contribution in [2.75, 3.05) is 13.1 Å². The monoisotopic (exact) mass is 675 g/mol. The van der Waals surface area contributed by atoms with Crippen molar-refractivity contribution in [3.05, 3.63) is 89.5 Å². The summed E-state index contributed by atoms with van der Waals surface area (Å²) < 4.78 is 58.5. The van der Waals surface area contributed by atoms with E-state index in [1.165, 1.54) is 23.1 Å². The van der Waals surface area contributed by atoms with Gasteiger partial charge >= 0.3 is 0 Å². The van der Waals surface area contributed by atoms with Crippen LogP contribution in [0.1, 0.15) is 50.7 Å². The molecule has 3 amide bonds. The SMILES string of the molecule is CCCCC(=O)N(CCC(=O)NC[C@H](S)Cc1ccccc1F)Cc1ccc(-c2ccccc2)c(S(=O)(=O)NC(=O)[C@H](C)O)c1F. The number of amides is 3. The van der Waals surface area contributed by atoms with Crippen LogP contribution in [0.3, 0.4) is 0 Å². The van der Waals surface area contributed by atoms with Gasteiger partial charge in [-0.1, -0.05) is 74.0 Å². The molecule has 248 valence electrons. The van der Waals surface area contributed by atoms with E-state index >= 15 is 4.39 Å². The molecule has 0 saturated carbocycles. The summed E-state index contributed by atoms with van der Waals surface area (Å²) >= 11 is 4.44. The van der Waals surface area contributed by atoms with Gasteiger partial charge in [-0.05, 0) is 37.0 Å². The third kappa shape index (κ3) is 10.4. The number of carbonyl (C=O) groups excluding carboxylic acids is 3. The Morgan fingerprint density at radius 3 is 2.28 bits per heavy atom. The lowest BCUT2D eigenvalue weighted by atomic mass is 10.0. The maximum absolute atomic E-state index is 16.2. The molecule has 0 spiro atoms. The molecule has 0 bridgehead atoms. The molecule has 0 aliphatic rings. The third-order valence-corrected chi connectivity index (χ3v) is 8.93. The van der Waals surface area contributed by atoms with Gasteiger partial charge in [0, 0.05) is 48.9 Å². The average molecular weight is 676 g/mol. The summed E-state index contributed by atoms with van der Waals surface area (Å²) in [7, 11) is -4.81. The molecule has 3 rings (SSSR count). The van der Waals surface area contributed by atoms with Crippen molar-refractivity contribution in [1.82, 2.24) is 14.9 Å². The highest BCUT2D eigenvalue weighted by molar-refractivity contribution is 7.90. The molecule has 0 saturated heterocycles. The normalized spacial score (nSPS) is 12.7. The largest absolute Gasteiger partial charge is 0.384 e. The lowest BCUT2D eigenvalue weighted by Gasteiger charge is -2.24. The summed E-state index contributed by atoms with van der Waals surface area (Å²) in [5, 5.41) is 11.9. The summed E-state index contributed by atoms with van der Waals surface area (Å²) in [6.07, 6.45) is -0.0954. The number of thiol groups is 1. The van der Waals surface area contributed by atoms with Crippen molar-refractivity contribution in [3.8, 4) is 11.1 Å². The fraction of sp³-hybridized carbons (Fsp3) is 0.364. The molecular weight excluding hydrogens is 637 g/mol. The highest BCUT2D eigenvalue weighted by atomic mass is 32.2. The predicted octanol–water partition coefficient (Wildman–Crippen LogP) is 4.38. The molecule has 0 aromatic heterocycles. The fourth-order valence-corrected chi connectivity index (χ4v) is 6.29. The topological polar surface area (TPSA) is 133 Å². The van der Waals surface area contributed by atoms with E-state index in [2.05, 4.69) is 17.9 Å². The molecule has 0 aliphatic carbocycles. The van der Waals surface area contributed by atoms with Crippen LogP contribution in [0.25, 0.3) is 11.1 Å². The van der Waals surface area contributed by atoms with Gasteiger partial charge in [-0.15, -0.1) is 0 Å². The standard InChI is InChI=1S/C33H39F2N3O6S2/c1-3-4-14-30(41)38(18-17-29(40)36-20-26(45)19-24-12-8-9-13-28(24)34)21-25-15-16-27(23-10-6-5-7-11-23)32(31(25)35)46(43,44)37-33(42)22(2)39/h5-13,15-16,22,26,39,45H,3-4,14,17-21H2,1-2H3,(H,36,40)(H,37,42)/t22-,26+/m0/s1. The molecule has 3 aromatic rings. The van der Waals surface area contributed by atoms with E-state index in [0.717, 1.165) is 13.3 Å². The van der Waals surface area contributed by atoms with Crippen LogP contribution in [0.15, 0.2) is 71.6 Å². The van der Waals surface area contributed by atoms with E-state index in [-0.39, 0.29) is 60.6 Å². The number of nitrogens with one attached hydrogen (secondary N) is 2. The van der Waals surface area contributed by atoms with Crippen molar-refractivity contribution >= 4 is 40.4 Å². The molecule has 2 atom stereocenters. The van der Waals surface area contributed by atoms with Gasteiger partial charge in [0.15, 0.2) is 0 Å². The first-order valence-corrected chi connectivity index (χ1v) is 16.9. The van der Waals surface area contributed by atoms with Crippen molar-refractivity contribution in [2.45, 2.75) is 68.7 Å². The van der Waals surface area contributed by atoms with E-state index in [1.54, 1.807) is 53.3 Å². The zero-order chi connectivity index (χ0) is 33.9.